The number of carbonyl (C=O) groups excluding carboxylic acids is 1. The molecule has 0 fully saturated rings. The maximum atomic E-state index is 11.4. The van der Waals surface area contributed by atoms with Gasteiger partial charge in [0.1, 0.15) is 0 Å². The molecule has 0 spiro atoms. The molecule has 0 bridgehead atoms. The maximum absolute atomic E-state index is 11.4. The molecule has 0 aromatic rings. The van der Waals surface area contributed by atoms with Crippen LogP contribution in [0.2, 0.25) is 0 Å². The van der Waals surface area contributed by atoms with Crippen molar-refractivity contribution in [3.05, 3.63) is 0 Å². The Hall–Kier alpha value is -0.810. The molecule has 0 aromatic heterocycles. The first kappa shape index (κ1) is 16.2. The van der Waals surface area contributed by atoms with Gasteiger partial charge in [0.05, 0.1) is 18.2 Å². The summed E-state index contributed by atoms with van der Waals surface area (Å²) < 4.78 is 4.97. The highest BCUT2D eigenvalue weighted by Crippen LogP contribution is 2.08. The van der Waals surface area contributed by atoms with Gasteiger partial charge in [0.15, 0.2) is 0 Å². The van der Waals surface area contributed by atoms with E-state index in [1.165, 1.54) is 0 Å². The molecule has 102 valence electrons. The second-order valence-corrected chi connectivity index (χ2v) is 4.58. The first-order chi connectivity index (χ1) is 7.90. The molecule has 0 saturated carbocycles. The van der Waals surface area contributed by atoms with Gasteiger partial charge in [0.25, 0.3) is 0 Å². The normalized spacial score (nSPS) is 16.4. The Bertz CT molecular complexity index is 222. The van der Waals surface area contributed by atoms with Gasteiger partial charge in [-0.25, -0.2) is 4.79 Å². The second kappa shape index (κ2) is 8.31. The molecule has 3 unspecified atom stereocenters. The number of aliphatic hydroxyl groups excluding tert-OH is 1. The van der Waals surface area contributed by atoms with Gasteiger partial charge in [-0.15, -0.1) is 0 Å². The lowest BCUT2D eigenvalue weighted by Gasteiger charge is -2.25. The van der Waals surface area contributed by atoms with Crippen LogP contribution in [0, 0.1) is 0 Å². The summed E-state index contributed by atoms with van der Waals surface area (Å²) in [4.78, 5) is 11.4. The first-order valence-corrected chi connectivity index (χ1v) is 6.31. The van der Waals surface area contributed by atoms with Crippen molar-refractivity contribution in [3.63, 3.8) is 0 Å². The van der Waals surface area contributed by atoms with Gasteiger partial charge >= 0.3 is 6.09 Å². The average Bonchev–Trinajstić information content (AvgIpc) is 2.24. The highest BCUT2D eigenvalue weighted by atomic mass is 16.6. The van der Waals surface area contributed by atoms with Gasteiger partial charge in [0.2, 0.25) is 0 Å². The summed E-state index contributed by atoms with van der Waals surface area (Å²) in [5, 5.41) is 12.6. The molecular weight excluding hydrogens is 220 g/mol. The van der Waals surface area contributed by atoms with E-state index in [9.17, 15) is 9.90 Å². The lowest BCUT2D eigenvalue weighted by molar-refractivity contribution is 0.0812. The predicted octanol–water partition coefficient (Wildman–Crippen LogP) is 1.39. The number of alkyl carbamates (subject to hydrolysis) is 1. The number of hydrogen-bond donors (Lipinski definition) is 3. The van der Waals surface area contributed by atoms with Crippen LogP contribution in [0.3, 0.4) is 0 Å². The summed E-state index contributed by atoms with van der Waals surface area (Å²) in [6.45, 7) is 7.44. The van der Waals surface area contributed by atoms with Gasteiger partial charge in [-0.3, -0.25) is 0 Å². The quantitative estimate of drug-likeness (QED) is 0.633. The topological polar surface area (TPSA) is 84.6 Å². The number of carbonyl (C=O) groups is 1. The number of ether oxygens (including phenoxy) is 1. The molecule has 0 rings (SSSR count). The minimum atomic E-state index is -0.630. The second-order valence-electron chi connectivity index (χ2n) is 4.58. The van der Waals surface area contributed by atoms with E-state index in [1.807, 2.05) is 13.8 Å². The van der Waals surface area contributed by atoms with Gasteiger partial charge in [-0.1, -0.05) is 13.8 Å². The summed E-state index contributed by atoms with van der Waals surface area (Å²) in [5.41, 5.74) is 5.77. The molecule has 0 aliphatic rings. The van der Waals surface area contributed by atoms with E-state index in [1.54, 1.807) is 13.8 Å². The van der Waals surface area contributed by atoms with Crippen LogP contribution in [-0.2, 0) is 4.74 Å². The highest BCUT2D eigenvalue weighted by Gasteiger charge is 2.22. The molecule has 0 radical (unpaired) electrons. The van der Waals surface area contributed by atoms with Crippen molar-refractivity contribution >= 4 is 6.09 Å². The van der Waals surface area contributed by atoms with Gasteiger partial charge in [-0.2, -0.15) is 0 Å². The smallest absolute Gasteiger partial charge is 0.407 e. The van der Waals surface area contributed by atoms with Crippen LogP contribution >= 0.6 is 0 Å². The van der Waals surface area contributed by atoms with Gasteiger partial charge < -0.3 is 20.9 Å². The van der Waals surface area contributed by atoms with Crippen molar-refractivity contribution in [2.45, 2.75) is 71.2 Å². The molecule has 0 aromatic carbocycles. The zero-order chi connectivity index (χ0) is 13.4. The van der Waals surface area contributed by atoms with Crippen molar-refractivity contribution in [2.75, 3.05) is 0 Å². The van der Waals surface area contributed by atoms with E-state index in [0.29, 0.717) is 12.8 Å². The Morgan fingerprint density at radius 3 is 2.35 bits per heavy atom. The molecule has 0 aliphatic carbocycles. The largest absolute Gasteiger partial charge is 0.447 e. The Labute approximate surface area is 104 Å². The zero-order valence-electron chi connectivity index (χ0n) is 11.3. The highest BCUT2D eigenvalue weighted by molar-refractivity contribution is 5.67. The fraction of sp³-hybridized carbons (Fsp3) is 0.917. The summed E-state index contributed by atoms with van der Waals surface area (Å²) in [7, 11) is 0. The van der Waals surface area contributed by atoms with Crippen LogP contribution in [0.5, 0.6) is 0 Å². The standard InChI is InChI=1S/C12H26N2O3/c1-5-9(13)7-11(15)10(6-2)14-12(16)17-8(3)4/h8-11,15H,5-7,13H2,1-4H3,(H,14,16). The number of aliphatic hydroxyl groups is 1. The third-order valence-electron chi connectivity index (χ3n) is 2.62. The van der Waals surface area contributed by atoms with E-state index in [-0.39, 0.29) is 18.2 Å². The molecule has 0 aliphatic heterocycles. The molecular formula is C12H26N2O3. The SMILES string of the molecule is CCC(N)CC(O)C(CC)NC(=O)OC(C)C. The van der Waals surface area contributed by atoms with Crippen LogP contribution in [0.4, 0.5) is 4.79 Å². The number of rotatable bonds is 7. The Balaban J connectivity index is 4.17. The number of nitrogens with two attached hydrogens (primary N) is 1. The fourth-order valence-corrected chi connectivity index (χ4v) is 1.51. The summed E-state index contributed by atoms with van der Waals surface area (Å²) in [6, 6.07) is -0.346. The van der Waals surface area contributed by atoms with Crippen molar-refractivity contribution in [3.8, 4) is 0 Å². The lowest BCUT2D eigenvalue weighted by Crippen LogP contribution is -2.45. The summed E-state index contributed by atoms with van der Waals surface area (Å²) >= 11 is 0. The molecule has 0 saturated heterocycles. The van der Waals surface area contributed by atoms with E-state index in [0.717, 1.165) is 6.42 Å². The predicted molar refractivity (Wildman–Crippen MR) is 67.7 cm³/mol. The monoisotopic (exact) mass is 246 g/mol. The van der Waals surface area contributed by atoms with Crippen LogP contribution in [-0.4, -0.2) is 35.5 Å². The molecule has 5 heteroatoms. The van der Waals surface area contributed by atoms with Crippen molar-refractivity contribution in [1.29, 1.82) is 0 Å². The van der Waals surface area contributed by atoms with E-state index in [4.69, 9.17) is 10.5 Å². The number of nitrogens with one attached hydrogen (secondary N) is 1. The van der Waals surface area contributed by atoms with Gasteiger partial charge in [-0.05, 0) is 33.1 Å². The Kier molecular flexibility index (Phi) is 7.91. The van der Waals surface area contributed by atoms with E-state index >= 15 is 0 Å². The van der Waals surface area contributed by atoms with E-state index in [2.05, 4.69) is 5.32 Å². The van der Waals surface area contributed by atoms with Crippen molar-refractivity contribution in [2.24, 2.45) is 5.73 Å². The molecule has 3 atom stereocenters. The minimum absolute atomic E-state index is 0.0398. The Morgan fingerprint density at radius 1 is 1.35 bits per heavy atom. The third kappa shape index (κ3) is 7.18. The molecule has 17 heavy (non-hydrogen) atoms. The third-order valence-corrected chi connectivity index (χ3v) is 2.62. The van der Waals surface area contributed by atoms with Crippen LogP contribution in [0.25, 0.3) is 0 Å². The molecule has 1 amide bonds. The van der Waals surface area contributed by atoms with Crippen molar-refractivity contribution < 1.29 is 14.6 Å². The maximum Gasteiger partial charge on any atom is 0.407 e. The minimum Gasteiger partial charge on any atom is -0.447 e. The van der Waals surface area contributed by atoms with Crippen LogP contribution in [0.15, 0.2) is 0 Å². The average molecular weight is 246 g/mol. The number of hydrogen-bond acceptors (Lipinski definition) is 4. The van der Waals surface area contributed by atoms with Crippen LogP contribution < -0.4 is 11.1 Å². The lowest BCUT2D eigenvalue weighted by atomic mass is 10.00. The molecule has 4 N–H and O–H groups in total. The van der Waals surface area contributed by atoms with Crippen molar-refractivity contribution in [1.82, 2.24) is 5.32 Å². The first-order valence-electron chi connectivity index (χ1n) is 6.31. The fourth-order valence-electron chi connectivity index (χ4n) is 1.51. The van der Waals surface area contributed by atoms with Gasteiger partial charge in [0, 0.05) is 6.04 Å². The zero-order valence-corrected chi connectivity index (χ0v) is 11.3. The summed E-state index contributed by atoms with van der Waals surface area (Å²) in [5.74, 6) is 0. The molecule has 5 nitrogen and oxygen atoms in total. The van der Waals surface area contributed by atoms with Crippen LogP contribution in [0.1, 0.15) is 47.0 Å². The summed E-state index contributed by atoms with van der Waals surface area (Å²) in [6.07, 6.45) is 0.652. The molecule has 0 heterocycles. The van der Waals surface area contributed by atoms with E-state index < -0.39 is 12.2 Å². The Morgan fingerprint density at radius 2 is 1.94 bits per heavy atom. The number of amides is 1.